The molecule has 9 heavy (non-hydrogen) atoms. The summed E-state index contributed by atoms with van der Waals surface area (Å²) < 4.78 is 12.0. The summed E-state index contributed by atoms with van der Waals surface area (Å²) in [6.45, 7) is 5.29. The van der Waals surface area contributed by atoms with Crippen molar-refractivity contribution in [3.63, 3.8) is 0 Å². The van der Waals surface area contributed by atoms with Gasteiger partial charge in [0, 0.05) is 12.5 Å². The molecule has 2 heteroatoms. The molecule has 1 N–H and O–H groups in total. The molecule has 0 aromatic heterocycles. The molecule has 0 aliphatic heterocycles. The molecule has 0 saturated heterocycles. The van der Waals surface area contributed by atoms with Crippen molar-refractivity contribution in [2.45, 2.75) is 20.8 Å². The van der Waals surface area contributed by atoms with Crippen LogP contribution in [0.2, 0.25) is 0 Å². The third-order valence-electron chi connectivity index (χ3n) is 1.63. The van der Waals surface area contributed by atoms with E-state index in [-0.39, 0.29) is 17.9 Å². The second-order valence-corrected chi connectivity index (χ2v) is 3.40. The molecule has 0 aliphatic rings. The van der Waals surface area contributed by atoms with E-state index in [4.69, 9.17) is 5.11 Å². The minimum absolute atomic E-state index is 0.0556. The third kappa shape index (κ3) is 2.80. The van der Waals surface area contributed by atoms with Gasteiger partial charge in [0.1, 0.15) is 0 Å². The van der Waals surface area contributed by atoms with Gasteiger partial charge in [-0.1, -0.05) is 20.8 Å². The minimum Gasteiger partial charge on any atom is -0.396 e. The van der Waals surface area contributed by atoms with Gasteiger partial charge in [0.25, 0.3) is 0 Å². The molecule has 56 valence electrons. The van der Waals surface area contributed by atoms with Gasteiger partial charge in [0.2, 0.25) is 0 Å². The highest BCUT2D eigenvalue weighted by molar-refractivity contribution is 4.71. The fraction of sp³-hybridized carbons (Fsp3) is 1.00. The van der Waals surface area contributed by atoms with E-state index in [1.807, 2.05) is 20.8 Å². The summed E-state index contributed by atoms with van der Waals surface area (Å²) in [7, 11) is 0. The first kappa shape index (κ1) is 8.89. The molecule has 0 saturated carbocycles. The molecule has 0 radical (unpaired) electrons. The fourth-order valence-electron chi connectivity index (χ4n) is 0.554. The quantitative estimate of drug-likeness (QED) is 0.608. The Hall–Kier alpha value is -0.110. The van der Waals surface area contributed by atoms with Crippen molar-refractivity contribution in [1.29, 1.82) is 0 Å². The lowest BCUT2D eigenvalue weighted by molar-refractivity contribution is 0.106. The second-order valence-electron chi connectivity index (χ2n) is 3.40. The smallest absolute Gasteiger partial charge is 0.0949 e. The van der Waals surface area contributed by atoms with Crippen LogP contribution in [0.25, 0.3) is 0 Å². The molecular formula is C7H15FO. The number of hydrogen-bond acceptors (Lipinski definition) is 1. The van der Waals surface area contributed by atoms with E-state index in [9.17, 15) is 4.39 Å². The normalized spacial score (nSPS) is 15.7. The zero-order valence-corrected chi connectivity index (χ0v) is 6.32. The first-order valence-corrected chi connectivity index (χ1v) is 3.19. The highest BCUT2D eigenvalue weighted by Crippen LogP contribution is 2.25. The number of hydrogen-bond donors (Lipinski definition) is 1. The Morgan fingerprint density at radius 2 is 1.89 bits per heavy atom. The van der Waals surface area contributed by atoms with Gasteiger partial charge >= 0.3 is 0 Å². The summed E-state index contributed by atoms with van der Waals surface area (Å²) in [5.74, 6) is -0.211. The van der Waals surface area contributed by atoms with Crippen LogP contribution >= 0.6 is 0 Å². The average molecular weight is 134 g/mol. The van der Waals surface area contributed by atoms with Crippen LogP contribution in [0.1, 0.15) is 20.8 Å². The zero-order valence-electron chi connectivity index (χ0n) is 6.32. The summed E-state index contributed by atoms with van der Waals surface area (Å²) >= 11 is 0. The molecule has 0 bridgehead atoms. The van der Waals surface area contributed by atoms with Crippen molar-refractivity contribution in [1.82, 2.24) is 0 Å². The SMILES string of the molecule is CC(C)(C)C(CO)CF. The Kier molecular flexibility index (Phi) is 3.12. The fourth-order valence-corrected chi connectivity index (χ4v) is 0.554. The van der Waals surface area contributed by atoms with Crippen molar-refractivity contribution in [2.75, 3.05) is 13.3 Å². The summed E-state index contributed by atoms with van der Waals surface area (Å²) in [6.07, 6.45) is 0. The van der Waals surface area contributed by atoms with Crippen LogP contribution in [-0.4, -0.2) is 18.4 Å². The van der Waals surface area contributed by atoms with E-state index in [2.05, 4.69) is 0 Å². The largest absolute Gasteiger partial charge is 0.396 e. The van der Waals surface area contributed by atoms with E-state index < -0.39 is 6.67 Å². The maximum atomic E-state index is 12.0. The molecule has 1 nitrogen and oxygen atoms in total. The molecule has 0 heterocycles. The van der Waals surface area contributed by atoms with E-state index in [0.29, 0.717) is 0 Å². The number of halogens is 1. The topological polar surface area (TPSA) is 20.2 Å². The monoisotopic (exact) mass is 134 g/mol. The van der Waals surface area contributed by atoms with Gasteiger partial charge in [-0.25, -0.2) is 0 Å². The highest BCUT2D eigenvalue weighted by atomic mass is 19.1. The second kappa shape index (κ2) is 3.16. The van der Waals surface area contributed by atoms with Crippen molar-refractivity contribution < 1.29 is 9.50 Å². The van der Waals surface area contributed by atoms with Crippen molar-refractivity contribution >= 4 is 0 Å². The summed E-state index contributed by atoms with van der Waals surface area (Å²) in [5, 5.41) is 8.62. The van der Waals surface area contributed by atoms with E-state index in [0.717, 1.165) is 0 Å². The highest BCUT2D eigenvalue weighted by Gasteiger charge is 2.23. The molecule has 0 spiro atoms. The lowest BCUT2D eigenvalue weighted by Crippen LogP contribution is -2.25. The molecule has 0 rings (SSSR count). The number of aliphatic hydroxyl groups excluding tert-OH is 1. The molecule has 0 aromatic rings. The Morgan fingerprint density at radius 1 is 1.44 bits per heavy atom. The maximum Gasteiger partial charge on any atom is 0.0949 e. The van der Waals surface area contributed by atoms with Gasteiger partial charge in [0.05, 0.1) is 6.67 Å². The third-order valence-corrected chi connectivity index (χ3v) is 1.63. The first-order valence-electron chi connectivity index (χ1n) is 3.19. The van der Waals surface area contributed by atoms with Crippen LogP contribution in [0.3, 0.4) is 0 Å². The molecule has 0 fully saturated rings. The predicted octanol–water partition coefficient (Wildman–Crippen LogP) is 1.61. The van der Waals surface area contributed by atoms with Gasteiger partial charge in [0.15, 0.2) is 0 Å². The number of aliphatic hydroxyl groups is 1. The van der Waals surface area contributed by atoms with Gasteiger partial charge < -0.3 is 5.11 Å². The zero-order chi connectivity index (χ0) is 7.49. The van der Waals surface area contributed by atoms with Crippen molar-refractivity contribution in [3.05, 3.63) is 0 Å². The Bertz CT molecular complexity index is 71.5. The van der Waals surface area contributed by atoms with Crippen LogP contribution in [0.15, 0.2) is 0 Å². The lowest BCUT2D eigenvalue weighted by atomic mass is 9.82. The molecule has 0 aromatic carbocycles. The van der Waals surface area contributed by atoms with E-state index in [1.54, 1.807) is 0 Å². The maximum absolute atomic E-state index is 12.0. The first-order chi connectivity index (χ1) is 4.02. The van der Waals surface area contributed by atoms with Crippen LogP contribution in [0.4, 0.5) is 4.39 Å². The predicted molar refractivity (Wildman–Crippen MR) is 36.0 cm³/mol. The lowest BCUT2D eigenvalue weighted by Gasteiger charge is -2.25. The molecule has 0 amide bonds. The van der Waals surface area contributed by atoms with Gasteiger partial charge in [-0.15, -0.1) is 0 Å². The number of alkyl halides is 1. The van der Waals surface area contributed by atoms with E-state index in [1.165, 1.54) is 0 Å². The van der Waals surface area contributed by atoms with Gasteiger partial charge in [-0.05, 0) is 5.41 Å². The average Bonchev–Trinajstić information content (AvgIpc) is 1.65. The Morgan fingerprint density at radius 3 is 1.89 bits per heavy atom. The molecule has 1 atom stereocenters. The number of rotatable bonds is 2. The molecular weight excluding hydrogens is 119 g/mol. The van der Waals surface area contributed by atoms with Crippen LogP contribution < -0.4 is 0 Å². The Balaban J connectivity index is 3.79. The van der Waals surface area contributed by atoms with E-state index >= 15 is 0 Å². The van der Waals surface area contributed by atoms with Crippen molar-refractivity contribution in [2.24, 2.45) is 11.3 Å². The molecule has 1 unspecified atom stereocenters. The molecule has 0 aliphatic carbocycles. The summed E-state index contributed by atoms with van der Waals surface area (Å²) in [6, 6.07) is 0. The Labute approximate surface area is 55.9 Å². The summed E-state index contributed by atoms with van der Waals surface area (Å²) in [5.41, 5.74) is -0.108. The van der Waals surface area contributed by atoms with Crippen LogP contribution in [-0.2, 0) is 0 Å². The standard InChI is InChI=1S/C7H15FO/c1-7(2,3)6(4-8)5-9/h6,9H,4-5H2,1-3H3. The van der Waals surface area contributed by atoms with Crippen LogP contribution in [0.5, 0.6) is 0 Å². The van der Waals surface area contributed by atoms with Gasteiger partial charge in [-0.3, -0.25) is 4.39 Å². The van der Waals surface area contributed by atoms with Crippen LogP contribution in [0, 0.1) is 11.3 Å². The summed E-state index contributed by atoms with van der Waals surface area (Å²) in [4.78, 5) is 0. The van der Waals surface area contributed by atoms with Gasteiger partial charge in [-0.2, -0.15) is 0 Å². The van der Waals surface area contributed by atoms with Crippen molar-refractivity contribution in [3.8, 4) is 0 Å². The minimum atomic E-state index is -0.431.